The number of benzene rings is 2. The molecule has 2 amide bonds. The van der Waals surface area contributed by atoms with Gasteiger partial charge >= 0.3 is 0 Å². The van der Waals surface area contributed by atoms with E-state index in [1.165, 1.54) is 0 Å². The van der Waals surface area contributed by atoms with Crippen LogP contribution >= 0.6 is 0 Å². The van der Waals surface area contributed by atoms with Crippen molar-refractivity contribution in [2.45, 2.75) is 32.7 Å². The third kappa shape index (κ3) is 4.04. The van der Waals surface area contributed by atoms with Crippen molar-refractivity contribution in [2.24, 2.45) is 0 Å². The van der Waals surface area contributed by atoms with Crippen LogP contribution in [0.1, 0.15) is 44.7 Å². The zero-order valence-corrected chi connectivity index (χ0v) is 15.3. The van der Waals surface area contributed by atoms with Gasteiger partial charge in [0.15, 0.2) is 0 Å². The molecule has 3 rings (SSSR count). The number of carbonyl (C=O) groups is 2. The summed E-state index contributed by atoms with van der Waals surface area (Å²) in [4.78, 5) is 26.9. The van der Waals surface area contributed by atoms with Crippen molar-refractivity contribution in [2.75, 3.05) is 18.8 Å². The lowest BCUT2D eigenvalue weighted by Crippen LogP contribution is -2.46. The van der Waals surface area contributed by atoms with Gasteiger partial charge in [0.05, 0.1) is 0 Å². The van der Waals surface area contributed by atoms with Crippen LogP contribution < -0.4 is 11.1 Å². The van der Waals surface area contributed by atoms with Crippen LogP contribution in [-0.2, 0) is 0 Å². The predicted octanol–water partition coefficient (Wildman–Crippen LogP) is 2.92. The Balaban J connectivity index is 1.56. The fraction of sp³-hybridized carbons (Fsp3) is 0.333. The molecule has 1 aliphatic rings. The Morgan fingerprint density at radius 1 is 1.04 bits per heavy atom. The molecule has 0 atom stereocenters. The average Bonchev–Trinajstić information content (AvgIpc) is 2.64. The molecule has 1 heterocycles. The second-order valence-corrected chi connectivity index (χ2v) is 6.98. The second kappa shape index (κ2) is 7.60. The van der Waals surface area contributed by atoms with Gasteiger partial charge in [0.1, 0.15) is 0 Å². The molecule has 0 bridgehead atoms. The van der Waals surface area contributed by atoms with Crippen molar-refractivity contribution in [3.63, 3.8) is 0 Å². The van der Waals surface area contributed by atoms with E-state index in [-0.39, 0.29) is 17.9 Å². The minimum absolute atomic E-state index is 0.0569. The maximum absolute atomic E-state index is 12.6. The quantitative estimate of drug-likeness (QED) is 0.835. The van der Waals surface area contributed by atoms with Gasteiger partial charge in [0.25, 0.3) is 11.8 Å². The van der Waals surface area contributed by atoms with Gasteiger partial charge in [-0.2, -0.15) is 0 Å². The predicted molar refractivity (Wildman–Crippen MR) is 103 cm³/mol. The first-order valence-corrected chi connectivity index (χ1v) is 8.97. The number of rotatable bonds is 3. The molecule has 0 aliphatic carbocycles. The van der Waals surface area contributed by atoms with Gasteiger partial charge in [-0.25, -0.2) is 0 Å². The highest BCUT2D eigenvalue weighted by molar-refractivity contribution is 5.97. The first-order valence-electron chi connectivity index (χ1n) is 8.97. The van der Waals surface area contributed by atoms with Crippen LogP contribution in [0.5, 0.6) is 0 Å². The Morgan fingerprint density at radius 2 is 1.69 bits per heavy atom. The Labute approximate surface area is 154 Å². The molecule has 136 valence electrons. The summed E-state index contributed by atoms with van der Waals surface area (Å²) in [6, 6.07) is 13.1. The van der Waals surface area contributed by atoms with Crippen molar-refractivity contribution in [1.82, 2.24) is 10.2 Å². The van der Waals surface area contributed by atoms with Crippen molar-refractivity contribution in [3.05, 3.63) is 64.7 Å². The summed E-state index contributed by atoms with van der Waals surface area (Å²) in [7, 11) is 0. The largest absolute Gasteiger partial charge is 0.399 e. The normalized spacial score (nSPS) is 14.9. The summed E-state index contributed by atoms with van der Waals surface area (Å²) < 4.78 is 0. The number of piperidine rings is 1. The molecule has 1 fully saturated rings. The van der Waals surface area contributed by atoms with Crippen molar-refractivity contribution >= 4 is 17.5 Å². The van der Waals surface area contributed by atoms with E-state index in [2.05, 4.69) is 5.32 Å². The number of likely N-dealkylation sites (tertiary alicyclic amines) is 1. The van der Waals surface area contributed by atoms with Gasteiger partial charge in [-0.15, -0.1) is 0 Å². The summed E-state index contributed by atoms with van der Waals surface area (Å²) in [6.45, 7) is 5.20. The molecule has 0 aromatic heterocycles. The van der Waals surface area contributed by atoms with Gasteiger partial charge in [-0.05, 0) is 56.5 Å². The summed E-state index contributed by atoms with van der Waals surface area (Å²) >= 11 is 0. The number of hydrogen-bond donors (Lipinski definition) is 2. The van der Waals surface area contributed by atoms with Gasteiger partial charge < -0.3 is 16.0 Å². The molecular formula is C21H25N3O2. The summed E-state index contributed by atoms with van der Waals surface area (Å²) in [5.41, 5.74) is 9.75. The van der Waals surface area contributed by atoms with Gasteiger partial charge in [-0.3, -0.25) is 9.59 Å². The smallest absolute Gasteiger partial charge is 0.253 e. The maximum Gasteiger partial charge on any atom is 0.253 e. The van der Waals surface area contributed by atoms with Crippen molar-refractivity contribution in [1.29, 1.82) is 0 Å². The zero-order chi connectivity index (χ0) is 18.7. The van der Waals surface area contributed by atoms with Crippen LogP contribution in [0.15, 0.2) is 42.5 Å². The molecule has 26 heavy (non-hydrogen) atoms. The molecular weight excluding hydrogens is 326 g/mol. The molecule has 0 spiro atoms. The number of nitrogens with zero attached hydrogens (tertiary/aromatic N) is 1. The topological polar surface area (TPSA) is 75.4 Å². The molecule has 0 unspecified atom stereocenters. The fourth-order valence-corrected chi connectivity index (χ4v) is 3.25. The molecule has 5 heteroatoms. The van der Waals surface area contributed by atoms with Crippen LogP contribution in [0.3, 0.4) is 0 Å². The first-order chi connectivity index (χ1) is 12.4. The minimum Gasteiger partial charge on any atom is -0.399 e. The standard InChI is InChI=1S/C21H25N3O2/c1-14-3-6-16(7-4-14)21(26)24-11-9-18(10-12-24)23-20(25)19-13-17(22)8-5-15(19)2/h3-8,13,18H,9-12,22H2,1-2H3,(H,23,25). The van der Waals surface area contributed by atoms with Crippen LogP contribution in [0.4, 0.5) is 5.69 Å². The number of hydrogen-bond acceptors (Lipinski definition) is 3. The van der Waals surface area contributed by atoms with Crippen LogP contribution in [0, 0.1) is 13.8 Å². The van der Waals surface area contributed by atoms with E-state index >= 15 is 0 Å². The number of aryl methyl sites for hydroxylation is 2. The van der Waals surface area contributed by atoms with Crippen molar-refractivity contribution < 1.29 is 9.59 Å². The van der Waals surface area contributed by atoms with Gasteiger partial charge in [-0.1, -0.05) is 23.8 Å². The van der Waals surface area contributed by atoms with E-state index in [0.717, 1.165) is 24.0 Å². The lowest BCUT2D eigenvalue weighted by atomic mass is 10.0. The van der Waals surface area contributed by atoms with E-state index in [4.69, 9.17) is 5.73 Å². The number of carbonyl (C=O) groups excluding carboxylic acids is 2. The zero-order valence-electron chi connectivity index (χ0n) is 15.3. The molecule has 0 radical (unpaired) electrons. The monoisotopic (exact) mass is 351 g/mol. The van der Waals surface area contributed by atoms with Gasteiger partial charge in [0, 0.05) is 35.9 Å². The first kappa shape index (κ1) is 18.0. The molecule has 2 aromatic rings. The SMILES string of the molecule is Cc1ccc(C(=O)N2CCC(NC(=O)c3cc(N)ccc3C)CC2)cc1. The number of nitrogen functional groups attached to an aromatic ring is 1. The van der Waals surface area contributed by atoms with E-state index in [1.807, 2.05) is 49.1 Å². The molecule has 0 saturated carbocycles. The van der Waals surface area contributed by atoms with E-state index in [9.17, 15) is 9.59 Å². The highest BCUT2D eigenvalue weighted by Crippen LogP contribution is 2.17. The van der Waals surface area contributed by atoms with Gasteiger partial charge in [0.2, 0.25) is 0 Å². The summed E-state index contributed by atoms with van der Waals surface area (Å²) in [5.74, 6) is -0.0421. The summed E-state index contributed by atoms with van der Waals surface area (Å²) in [5, 5.41) is 3.08. The molecule has 3 N–H and O–H groups in total. The Hall–Kier alpha value is -2.82. The van der Waals surface area contributed by atoms with Crippen LogP contribution in [0.2, 0.25) is 0 Å². The van der Waals surface area contributed by atoms with E-state index in [1.54, 1.807) is 12.1 Å². The Kier molecular flexibility index (Phi) is 5.26. The van der Waals surface area contributed by atoms with Crippen molar-refractivity contribution in [3.8, 4) is 0 Å². The molecule has 1 saturated heterocycles. The lowest BCUT2D eigenvalue weighted by molar-refractivity contribution is 0.0698. The highest BCUT2D eigenvalue weighted by atomic mass is 16.2. The minimum atomic E-state index is -0.0990. The second-order valence-electron chi connectivity index (χ2n) is 6.98. The molecule has 5 nitrogen and oxygen atoms in total. The maximum atomic E-state index is 12.6. The number of amides is 2. The lowest BCUT2D eigenvalue weighted by Gasteiger charge is -2.32. The number of anilines is 1. The summed E-state index contributed by atoms with van der Waals surface area (Å²) in [6.07, 6.45) is 1.51. The van der Waals surface area contributed by atoms with E-state index in [0.29, 0.717) is 29.9 Å². The van der Waals surface area contributed by atoms with Crippen LogP contribution in [0.25, 0.3) is 0 Å². The van der Waals surface area contributed by atoms with Crippen LogP contribution in [-0.4, -0.2) is 35.8 Å². The highest BCUT2D eigenvalue weighted by Gasteiger charge is 2.25. The third-order valence-corrected chi connectivity index (χ3v) is 4.92. The fourth-order valence-electron chi connectivity index (χ4n) is 3.25. The number of nitrogens with two attached hydrogens (primary N) is 1. The molecule has 2 aromatic carbocycles. The average molecular weight is 351 g/mol. The number of nitrogens with one attached hydrogen (secondary N) is 1. The Bertz CT molecular complexity index is 807. The molecule has 1 aliphatic heterocycles. The third-order valence-electron chi connectivity index (χ3n) is 4.92. The van der Waals surface area contributed by atoms with E-state index < -0.39 is 0 Å². The Morgan fingerprint density at radius 3 is 2.35 bits per heavy atom.